The summed E-state index contributed by atoms with van der Waals surface area (Å²) in [6.45, 7) is 3.25. The van der Waals surface area contributed by atoms with Gasteiger partial charge >= 0.3 is 0 Å². The predicted octanol–water partition coefficient (Wildman–Crippen LogP) is 2.98. The smallest absolute Gasteiger partial charge is 0.258 e. The topological polar surface area (TPSA) is 93.2 Å². The highest BCUT2D eigenvalue weighted by atomic mass is 16.5. The summed E-state index contributed by atoms with van der Waals surface area (Å²) in [7, 11) is 3.35. The third-order valence-corrected chi connectivity index (χ3v) is 4.89. The Morgan fingerprint density at radius 1 is 1.09 bits per heavy atom. The van der Waals surface area contributed by atoms with Crippen molar-refractivity contribution in [1.29, 1.82) is 0 Å². The summed E-state index contributed by atoms with van der Waals surface area (Å²) in [6.07, 6.45) is 2.96. The zero-order chi connectivity index (χ0) is 22.8. The summed E-state index contributed by atoms with van der Waals surface area (Å²) in [6, 6.07) is 13.8. The molecule has 0 atom stereocenters. The van der Waals surface area contributed by atoms with Crippen LogP contribution in [0.25, 0.3) is 0 Å². The number of benzene rings is 2. The van der Waals surface area contributed by atoms with E-state index < -0.39 is 0 Å². The number of guanidine groups is 1. The van der Waals surface area contributed by atoms with Crippen molar-refractivity contribution in [3.8, 4) is 17.2 Å². The number of amides is 1. The molecule has 2 aromatic carbocycles. The lowest BCUT2D eigenvalue weighted by atomic mass is 10.1. The van der Waals surface area contributed by atoms with E-state index in [-0.39, 0.29) is 12.5 Å². The van der Waals surface area contributed by atoms with Crippen LogP contribution >= 0.6 is 0 Å². The summed E-state index contributed by atoms with van der Waals surface area (Å²) >= 11 is 0. The minimum Gasteiger partial charge on any atom is -0.493 e. The fraction of sp³-hybridized carbons (Fsp3) is 0.417. The first-order valence-electron chi connectivity index (χ1n) is 10.9. The van der Waals surface area contributed by atoms with Crippen LogP contribution in [0.15, 0.2) is 47.5 Å². The van der Waals surface area contributed by atoms with Gasteiger partial charge in [0.2, 0.25) is 0 Å². The van der Waals surface area contributed by atoms with Gasteiger partial charge in [0.05, 0.1) is 13.7 Å². The molecule has 1 aliphatic carbocycles. The number of carbonyl (C=O) groups is 1. The first kappa shape index (κ1) is 23.2. The Hall–Kier alpha value is -3.42. The Morgan fingerprint density at radius 2 is 1.88 bits per heavy atom. The lowest BCUT2D eigenvalue weighted by molar-refractivity contribution is -0.123. The van der Waals surface area contributed by atoms with Crippen molar-refractivity contribution >= 4 is 17.6 Å². The molecule has 1 amide bonds. The van der Waals surface area contributed by atoms with Crippen molar-refractivity contribution in [3.63, 3.8) is 0 Å². The number of methoxy groups -OCH3 is 1. The maximum Gasteiger partial charge on any atom is 0.258 e. The molecule has 32 heavy (non-hydrogen) atoms. The van der Waals surface area contributed by atoms with Crippen LogP contribution in [0, 0.1) is 0 Å². The zero-order valence-electron chi connectivity index (χ0n) is 18.9. The first-order chi connectivity index (χ1) is 15.6. The standard InChI is InChI=1S/C24H32N4O4/c1-4-31-22-15-19(9-12-21(22)30-3)28-24(25-2)26-14-13-17-5-10-20(11-6-17)32-16-23(29)27-18-7-8-18/h5-6,9-12,15,18H,4,7-8,13-14,16H2,1-3H3,(H,27,29)(H2,25,26,28). The van der Waals surface area contributed by atoms with Crippen LogP contribution in [0.2, 0.25) is 0 Å². The third-order valence-electron chi connectivity index (χ3n) is 4.89. The van der Waals surface area contributed by atoms with Crippen molar-refractivity contribution in [2.24, 2.45) is 4.99 Å². The van der Waals surface area contributed by atoms with Gasteiger partial charge in [0.25, 0.3) is 5.91 Å². The quantitative estimate of drug-likeness (QED) is 0.367. The summed E-state index contributed by atoms with van der Waals surface area (Å²) in [5.41, 5.74) is 2.01. The van der Waals surface area contributed by atoms with Gasteiger partial charge in [-0.05, 0) is 56.0 Å². The third kappa shape index (κ3) is 7.37. The SMILES string of the molecule is CCOc1cc(NC(=NC)NCCc2ccc(OCC(=O)NC3CC3)cc2)ccc1OC. The van der Waals surface area contributed by atoms with Crippen LogP contribution in [0.1, 0.15) is 25.3 Å². The molecule has 0 bridgehead atoms. The van der Waals surface area contributed by atoms with Crippen LogP contribution in [-0.2, 0) is 11.2 Å². The van der Waals surface area contributed by atoms with Crippen LogP contribution in [-0.4, -0.2) is 51.8 Å². The average molecular weight is 441 g/mol. The van der Waals surface area contributed by atoms with E-state index in [4.69, 9.17) is 14.2 Å². The molecule has 1 aliphatic rings. The second-order valence-corrected chi connectivity index (χ2v) is 7.45. The van der Waals surface area contributed by atoms with Gasteiger partial charge in [-0.1, -0.05) is 12.1 Å². The Morgan fingerprint density at radius 3 is 2.53 bits per heavy atom. The van der Waals surface area contributed by atoms with Crippen molar-refractivity contribution in [2.75, 3.05) is 39.2 Å². The highest BCUT2D eigenvalue weighted by Crippen LogP contribution is 2.30. The van der Waals surface area contributed by atoms with Gasteiger partial charge in [-0.2, -0.15) is 0 Å². The highest BCUT2D eigenvalue weighted by Gasteiger charge is 2.23. The number of ether oxygens (including phenoxy) is 3. The average Bonchev–Trinajstić information content (AvgIpc) is 3.62. The van der Waals surface area contributed by atoms with E-state index >= 15 is 0 Å². The Balaban J connectivity index is 1.43. The van der Waals surface area contributed by atoms with Gasteiger partial charge < -0.3 is 30.2 Å². The molecule has 0 saturated heterocycles. The van der Waals surface area contributed by atoms with Crippen LogP contribution in [0.4, 0.5) is 5.69 Å². The minimum absolute atomic E-state index is 0.0514. The summed E-state index contributed by atoms with van der Waals surface area (Å²) in [5.74, 6) is 2.66. The first-order valence-corrected chi connectivity index (χ1v) is 10.9. The lowest BCUT2D eigenvalue weighted by Gasteiger charge is -2.15. The fourth-order valence-electron chi connectivity index (χ4n) is 3.06. The van der Waals surface area contributed by atoms with E-state index in [1.807, 2.05) is 49.4 Å². The normalized spacial score (nSPS) is 13.3. The van der Waals surface area contributed by atoms with Gasteiger partial charge in [0.15, 0.2) is 24.1 Å². The number of nitrogens with zero attached hydrogens (tertiary/aromatic N) is 1. The molecule has 0 aliphatic heterocycles. The van der Waals surface area contributed by atoms with E-state index in [0.29, 0.717) is 42.4 Å². The number of nitrogens with one attached hydrogen (secondary N) is 3. The molecule has 8 nitrogen and oxygen atoms in total. The minimum atomic E-state index is -0.0649. The number of anilines is 1. The molecule has 0 unspecified atom stereocenters. The number of aliphatic imine (C=N–C) groups is 1. The van der Waals surface area contributed by atoms with E-state index in [2.05, 4.69) is 20.9 Å². The Bertz CT molecular complexity index is 911. The van der Waals surface area contributed by atoms with E-state index in [0.717, 1.165) is 30.5 Å². The molecular formula is C24H32N4O4. The number of carbonyl (C=O) groups excluding carboxylic acids is 1. The molecule has 0 aromatic heterocycles. The van der Waals surface area contributed by atoms with E-state index in [1.54, 1.807) is 14.2 Å². The van der Waals surface area contributed by atoms with Crippen LogP contribution in [0.5, 0.6) is 17.2 Å². The molecular weight excluding hydrogens is 408 g/mol. The zero-order valence-corrected chi connectivity index (χ0v) is 18.9. The van der Waals surface area contributed by atoms with Gasteiger partial charge in [0, 0.05) is 31.4 Å². The summed E-state index contributed by atoms with van der Waals surface area (Å²) in [4.78, 5) is 16.0. The molecule has 0 spiro atoms. The monoisotopic (exact) mass is 440 g/mol. The summed E-state index contributed by atoms with van der Waals surface area (Å²) < 4.78 is 16.5. The second-order valence-electron chi connectivity index (χ2n) is 7.45. The van der Waals surface area contributed by atoms with Crippen molar-refractivity contribution in [3.05, 3.63) is 48.0 Å². The van der Waals surface area contributed by atoms with E-state index in [9.17, 15) is 4.79 Å². The maximum atomic E-state index is 11.7. The molecule has 1 fully saturated rings. The van der Waals surface area contributed by atoms with E-state index in [1.165, 1.54) is 0 Å². The molecule has 0 radical (unpaired) electrons. The van der Waals surface area contributed by atoms with Gasteiger partial charge in [-0.3, -0.25) is 9.79 Å². The van der Waals surface area contributed by atoms with Crippen LogP contribution in [0.3, 0.4) is 0 Å². The van der Waals surface area contributed by atoms with Gasteiger partial charge in [0.1, 0.15) is 5.75 Å². The highest BCUT2D eigenvalue weighted by molar-refractivity contribution is 5.93. The number of hydrogen-bond acceptors (Lipinski definition) is 5. The number of rotatable bonds is 11. The molecule has 3 rings (SSSR count). The molecule has 2 aromatic rings. The van der Waals surface area contributed by atoms with Crippen molar-refractivity contribution in [1.82, 2.24) is 10.6 Å². The summed E-state index contributed by atoms with van der Waals surface area (Å²) in [5, 5.41) is 9.48. The van der Waals surface area contributed by atoms with Gasteiger partial charge in [-0.25, -0.2) is 0 Å². The largest absolute Gasteiger partial charge is 0.493 e. The molecule has 8 heteroatoms. The van der Waals surface area contributed by atoms with Crippen molar-refractivity contribution < 1.29 is 19.0 Å². The molecule has 3 N–H and O–H groups in total. The van der Waals surface area contributed by atoms with Gasteiger partial charge in [-0.15, -0.1) is 0 Å². The Kier molecular flexibility index (Phi) is 8.60. The predicted molar refractivity (Wildman–Crippen MR) is 126 cm³/mol. The second kappa shape index (κ2) is 11.8. The molecule has 172 valence electrons. The molecule has 0 heterocycles. The fourth-order valence-corrected chi connectivity index (χ4v) is 3.06. The number of hydrogen-bond donors (Lipinski definition) is 3. The lowest BCUT2D eigenvalue weighted by Crippen LogP contribution is -2.32. The Labute approximate surface area is 189 Å². The maximum absolute atomic E-state index is 11.7. The molecule has 1 saturated carbocycles. The van der Waals surface area contributed by atoms with Crippen LogP contribution < -0.4 is 30.2 Å². The van der Waals surface area contributed by atoms with Crippen molar-refractivity contribution in [2.45, 2.75) is 32.2 Å².